The van der Waals surface area contributed by atoms with E-state index in [1.54, 1.807) is 11.3 Å². The van der Waals surface area contributed by atoms with E-state index in [1.807, 2.05) is 32.9 Å². The maximum atomic E-state index is 6.45. The molecule has 0 aliphatic carbocycles. The molecule has 1 atom stereocenters. The predicted octanol–water partition coefficient (Wildman–Crippen LogP) is 5.20. The molecule has 114 valence electrons. The Hall–Kier alpha value is -1.03. The Morgan fingerprint density at radius 2 is 2.10 bits per heavy atom. The Balaban J connectivity index is 2.36. The lowest BCUT2D eigenvalue weighted by atomic mass is 10.0. The van der Waals surface area contributed by atoms with Crippen molar-refractivity contribution in [1.29, 1.82) is 0 Å². The number of ether oxygens (including phenoxy) is 1. The lowest BCUT2D eigenvalue weighted by molar-refractivity contribution is 0.242. The van der Waals surface area contributed by atoms with E-state index in [9.17, 15) is 0 Å². The van der Waals surface area contributed by atoms with E-state index >= 15 is 0 Å². The molecule has 1 heterocycles. The van der Waals surface area contributed by atoms with E-state index in [1.165, 1.54) is 5.56 Å². The van der Waals surface area contributed by atoms with Gasteiger partial charge in [0, 0.05) is 4.88 Å². The van der Waals surface area contributed by atoms with Crippen LogP contribution in [-0.2, 0) is 0 Å². The van der Waals surface area contributed by atoms with Gasteiger partial charge in [0.2, 0.25) is 0 Å². The lowest BCUT2D eigenvalue weighted by Gasteiger charge is -2.19. The van der Waals surface area contributed by atoms with E-state index in [2.05, 4.69) is 29.8 Å². The zero-order valence-corrected chi connectivity index (χ0v) is 14.5. The van der Waals surface area contributed by atoms with Gasteiger partial charge in [-0.1, -0.05) is 30.7 Å². The number of nitrogens with one attached hydrogen (secondary N) is 1. The standard InChI is InChI=1S/C17H22ClNOS/c1-5-19-16(17-15(18)12(4)10-21-17)13-7-6-8-14(9-13)20-11(2)3/h6-11,16,19H,5H2,1-4H3. The van der Waals surface area contributed by atoms with Crippen molar-refractivity contribution in [3.8, 4) is 5.75 Å². The molecule has 1 aromatic carbocycles. The second-order valence-corrected chi connectivity index (χ2v) is 6.62. The Bertz CT molecular complexity index is 594. The summed E-state index contributed by atoms with van der Waals surface area (Å²) in [5.74, 6) is 0.898. The second kappa shape index (κ2) is 7.30. The summed E-state index contributed by atoms with van der Waals surface area (Å²) < 4.78 is 5.80. The maximum absolute atomic E-state index is 6.45. The quantitative estimate of drug-likeness (QED) is 0.789. The van der Waals surface area contributed by atoms with E-state index in [-0.39, 0.29) is 12.1 Å². The first-order valence-corrected chi connectivity index (χ1v) is 8.52. The van der Waals surface area contributed by atoms with Gasteiger partial charge in [0.15, 0.2) is 0 Å². The first kappa shape index (κ1) is 16.3. The molecule has 0 bridgehead atoms. The fourth-order valence-corrected chi connectivity index (χ4v) is 3.65. The predicted molar refractivity (Wildman–Crippen MR) is 91.8 cm³/mol. The molecule has 0 radical (unpaired) electrons. The van der Waals surface area contributed by atoms with Gasteiger partial charge in [0.25, 0.3) is 0 Å². The van der Waals surface area contributed by atoms with E-state index < -0.39 is 0 Å². The molecule has 4 heteroatoms. The molecule has 0 aliphatic rings. The minimum absolute atomic E-state index is 0.108. The highest BCUT2D eigenvalue weighted by Crippen LogP contribution is 2.36. The van der Waals surface area contributed by atoms with Crippen molar-refractivity contribution < 1.29 is 4.74 Å². The molecule has 2 rings (SSSR count). The van der Waals surface area contributed by atoms with Crippen LogP contribution in [-0.4, -0.2) is 12.6 Å². The van der Waals surface area contributed by atoms with Gasteiger partial charge in [-0.05, 0) is 56.0 Å². The Morgan fingerprint density at radius 3 is 2.67 bits per heavy atom. The third kappa shape index (κ3) is 4.00. The molecule has 0 fully saturated rings. The van der Waals surface area contributed by atoms with Crippen molar-refractivity contribution >= 4 is 22.9 Å². The number of rotatable bonds is 6. The fraction of sp³-hybridized carbons (Fsp3) is 0.412. The number of aryl methyl sites for hydroxylation is 1. The molecule has 0 aliphatic heterocycles. The van der Waals surface area contributed by atoms with Crippen LogP contribution >= 0.6 is 22.9 Å². The van der Waals surface area contributed by atoms with Gasteiger partial charge in [-0.3, -0.25) is 0 Å². The number of halogens is 1. The van der Waals surface area contributed by atoms with Gasteiger partial charge in [0.1, 0.15) is 5.75 Å². The van der Waals surface area contributed by atoms with Crippen LogP contribution in [0.3, 0.4) is 0 Å². The molecule has 1 N–H and O–H groups in total. The minimum atomic E-state index is 0.108. The highest BCUT2D eigenvalue weighted by molar-refractivity contribution is 7.10. The summed E-state index contributed by atoms with van der Waals surface area (Å²) >= 11 is 8.16. The number of hydrogen-bond donors (Lipinski definition) is 1. The molecule has 2 nitrogen and oxygen atoms in total. The van der Waals surface area contributed by atoms with E-state index in [0.717, 1.165) is 27.8 Å². The average Bonchev–Trinajstić information content (AvgIpc) is 2.76. The molecular weight excluding hydrogens is 302 g/mol. The first-order valence-electron chi connectivity index (χ1n) is 7.26. The van der Waals surface area contributed by atoms with Crippen LogP contribution in [0.15, 0.2) is 29.6 Å². The van der Waals surface area contributed by atoms with Gasteiger partial charge < -0.3 is 10.1 Å². The molecule has 1 aromatic heterocycles. The Labute approximate surface area is 136 Å². The van der Waals surface area contributed by atoms with Crippen LogP contribution in [0.5, 0.6) is 5.75 Å². The fourth-order valence-electron chi connectivity index (χ4n) is 2.25. The summed E-state index contributed by atoms with van der Waals surface area (Å²) in [5, 5.41) is 6.49. The molecule has 21 heavy (non-hydrogen) atoms. The SMILES string of the molecule is CCNC(c1cccc(OC(C)C)c1)c1scc(C)c1Cl. The zero-order chi connectivity index (χ0) is 15.4. The first-order chi connectivity index (χ1) is 10.0. The van der Waals surface area contributed by atoms with E-state index in [0.29, 0.717) is 0 Å². The number of thiophene rings is 1. The van der Waals surface area contributed by atoms with Crippen LogP contribution in [0.25, 0.3) is 0 Å². The van der Waals surface area contributed by atoms with Gasteiger partial charge >= 0.3 is 0 Å². The number of hydrogen-bond acceptors (Lipinski definition) is 3. The topological polar surface area (TPSA) is 21.3 Å². The van der Waals surface area contributed by atoms with Crippen molar-refractivity contribution in [2.45, 2.75) is 39.8 Å². The largest absolute Gasteiger partial charge is 0.491 e. The van der Waals surface area contributed by atoms with Gasteiger partial charge in [-0.2, -0.15) is 0 Å². The molecular formula is C17H22ClNOS. The zero-order valence-electron chi connectivity index (χ0n) is 12.9. The molecule has 2 aromatic rings. The Kier molecular flexibility index (Phi) is 5.68. The highest BCUT2D eigenvalue weighted by atomic mass is 35.5. The van der Waals surface area contributed by atoms with Crippen LogP contribution < -0.4 is 10.1 Å². The van der Waals surface area contributed by atoms with Crippen LogP contribution in [0.1, 0.15) is 42.8 Å². The number of benzene rings is 1. The summed E-state index contributed by atoms with van der Waals surface area (Å²) in [4.78, 5) is 1.16. The highest BCUT2D eigenvalue weighted by Gasteiger charge is 2.19. The van der Waals surface area contributed by atoms with Crippen LogP contribution in [0.4, 0.5) is 0 Å². The van der Waals surface area contributed by atoms with Gasteiger partial charge in [-0.15, -0.1) is 11.3 Å². The van der Waals surface area contributed by atoms with Crippen molar-refractivity contribution in [1.82, 2.24) is 5.32 Å². The van der Waals surface area contributed by atoms with Crippen molar-refractivity contribution in [2.24, 2.45) is 0 Å². The summed E-state index contributed by atoms with van der Waals surface area (Å²) in [6.45, 7) is 9.11. The third-order valence-electron chi connectivity index (χ3n) is 3.16. The normalized spacial score (nSPS) is 12.7. The monoisotopic (exact) mass is 323 g/mol. The summed E-state index contributed by atoms with van der Waals surface area (Å²) in [7, 11) is 0. The molecule has 0 saturated carbocycles. The van der Waals surface area contributed by atoms with Crippen LogP contribution in [0, 0.1) is 6.92 Å². The lowest BCUT2D eigenvalue weighted by Crippen LogP contribution is -2.21. The molecule has 0 spiro atoms. The van der Waals surface area contributed by atoms with Crippen molar-refractivity contribution in [3.05, 3.63) is 50.7 Å². The van der Waals surface area contributed by atoms with E-state index in [4.69, 9.17) is 16.3 Å². The summed E-state index contributed by atoms with van der Waals surface area (Å²) in [6.07, 6.45) is 0.172. The summed E-state index contributed by atoms with van der Waals surface area (Å²) in [5.41, 5.74) is 2.31. The third-order valence-corrected chi connectivity index (χ3v) is 4.94. The minimum Gasteiger partial charge on any atom is -0.491 e. The Morgan fingerprint density at radius 1 is 1.33 bits per heavy atom. The average molecular weight is 324 g/mol. The van der Waals surface area contributed by atoms with Gasteiger partial charge in [-0.25, -0.2) is 0 Å². The molecule has 1 unspecified atom stereocenters. The molecule has 0 amide bonds. The second-order valence-electron chi connectivity index (χ2n) is 5.33. The van der Waals surface area contributed by atoms with Crippen LogP contribution in [0.2, 0.25) is 5.02 Å². The van der Waals surface area contributed by atoms with Crippen molar-refractivity contribution in [2.75, 3.05) is 6.54 Å². The summed E-state index contributed by atoms with van der Waals surface area (Å²) in [6, 6.07) is 8.35. The maximum Gasteiger partial charge on any atom is 0.120 e. The van der Waals surface area contributed by atoms with Crippen molar-refractivity contribution in [3.63, 3.8) is 0 Å². The molecule has 0 saturated heterocycles. The van der Waals surface area contributed by atoms with Gasteiger partial charge in [0.05, 0.1) is 17.2 Å². The smallest absolute Gasteiger partial charge is 0.120 e.